The van der Waals surface area contributed by atoms with Crippen LogP contribution < -0.4 is 10.6 Å². The third-order valence-corrected chi connectivity index (χ3v) is 3.38. The summed E-state index contributed by atoms with van der Waals surface area (Å²) in [5.74, 6) is 3.26. The minimum atomic E-state index is 0.274. The molecular weight excluding hydrogens is 252 g/mol. The summed E-state index contributed by atoms with van der Waals surface area (Å²) in [5.41, 5.74) is 0. The van der Waals surface area contributed by atoms with Gasteiger partial charge in [0.1, 0.15) is 17.5 Å². The minimum Gasteiger partial charge on any atom is -0.373 e. The van der Waals surface area contributed by atoms with Crippen LogP contribution in [0.2, 0.25) is 0 Å². The van der Waals surface area contributed by atoms with Crippen molar-refractivity contribution in [1.29, 1.82) is 0 Å². The van der Waals surface area contributed by atoms with Crippen molar-refractivity contribution in [3.05, 3.63) is 30.6 Å². The molecule has 1 aliphatic rings. The zero-order valence-electron chi connectivity index (χ0n) is 11.9. The van der Waals surface area contributed by atoms with Gasteiger partial charge in [-0.15, -0.1) is 0 Å². The molecule has 1 atom stereocenters. The van der Waals surface area contributed by atoms with Gasteiger partial charge >= 0.3 is 0 Å². The van der Waals surface area contributed by atoms with Gasteiger partial charge in [-0.25, -0.2) is 15.0 Å². The normalized spacial score (nSPS) is 15.9. The number of aromatic nitrogens is 4. The molecule has 3 rings (SSSR count). The summed E-state index contributed by atoms with van der Waals surface area (Å²) in [4.78, 5) is 13.2. The zero-order chi connectivity index (χ0) is 13.9. The van der Waals surface area contributed by atoms with E-state index in [-0.39, 0.29) is 6.04 Å². The first-order valence-corrected chi connectivity index (χ1v) is 7.03. The van der Waals surface area contributed by atoms with E-state index in [1.54, 1.807) is 6.20 Å². The zero-order valence-corrected chi connectivity index (χ0v) is 11.9. The molecule has 0 amide bonds. The van der Waals surface area contributed by atoms with Crippen LogP contribution in [0.1, 0.15) is 31.5 Å². The van der Waals surface area contributed by atoms with E-state index in [1.165, 1.54) is 12.8 Å². The molecule has 1 saturated carbocycles. The Bertz CT molecular complexity index is 561. The maximum absolute atomic E-state index is 4.63. The highest BCUT2D eigenvalue weighted by atomic mass is 15.1. The number of rotatable bonds is 6. The van der Waals surface area contributed by atoms with Gasteiger partial charge in [0.15, 0.2) is 0 Å². The highest BCUT2D eigenvalue weighted by Gasteiger charge is 2.27. The van der Waals surface area contributed by atoms with Crippen molar-refractivity contribution in [3.8, 4) is 0 Å². The van der Waals surface area contributed by atoms with Gasteiger partial charge in [0.2, 0.25) is 0 Å². The molecule has 2 aromatic heterocycles. The molecule has 2 aromatic rings. The maximum atomic E-state index is 4.63. The highest BCUT2D eigenvalue weighted by molar-refractivity contribution is 5.48. The summed E-state index contributed by atoms with van der Waals surface area (Å²) in [7, 11) is 1.89. The van der Waals surface area contributed by atoms with Gasteiger partial charge in [0, 0.05) is 44.0 Å². The lowest BCUT2D eigenvalue weighted by atomic mass is 10.3. The fourth-order valence-corrected chi connectivity index (χ4v) is 2.20. The third-order valence-electron chi connectivity index (χ3n) is 3.38. The van der Waals surface area contributed by atoms with Crippen molar-refractivity contribution in [3.63, 3.8) is 0 Å². The quantitative estimate of drug-likeness (QED) is 0.843. The van der Waals surface area contributed by atoms with E-state index in [2.05, 4.69) is 37.1 Å². The van der Waals surface area contributed by atoms with Crippen LogP contribution in [0, 0.1) is 0 Å². The number of hydrogen-bond acceptors (Lipinski definition) is 5. The molecule has 0 bridgehead atoms. The highest BCUT2D eigenvalue weighted by Crippen LogP contribution is 2.38. The van der Waals surface area contributed by atoms with Crippen molar-refractivity contribution >= 4 is 11.6 Å². The van der Waals surface area contributed by atoms with E-state index in [4.69, 9.17) is 0 Å². The predicted octanol–water partition coefficient (Wildman–Crippen LogP) is 2.09. The first kappa shape index (κ1) is 12.9. The first-order valence-electron chi connectivity index (χ1n) is 7.03. The third kappa shape index (κ3) is 3.07. The Morgan fingerprint density at radius 1 is 1.35 bits per heavy atom. The Kier molecular flexibility index (Phi) is 3.54. The fourth-order valence-electron chi connectivity index (χ4n) is 2.20. The van der Waals surface area contributed by atoms with Gasteiger partial charge in [-0.1, -0.05) is 0 Å². The van der Waals surface area contributed by atoms with Crippen molar-refractivity contribution in [1.82, 2.24) is 19.5 Å². The topological polar surface area (TPSA) is 67.7 Å². The van der Waals surface area contributed by atoms with E-state index in [1.807, 2.05) is 25.6 Å². The maximum Gasteiger partial charge on any atom is 0.136 e. The Morgan fingerprint density at radius 2 is 2.15 bits per heavy atom. The predicted molar refractivity (Wildman–Crippen MR) is 78.9 cm³/mol. The Hall–Kier alpha value is -2.11. The van der Waals surface area contributed by atoms with Crippen LogP contribution in [0.3, 0.4) is 0 Å². The summed E-state index contributed by atoms with van der Waals surface area (Å²) in [5, 5.41) is 6.54. The SMILES string of the molecule is CNc1cc(NC(C)Cn2ccnc2)nc(C2CC2)n1. The second kappa shape index (κ2) is 5.48. The van der Waals surface area contributed by atoms with Crippen molar-refractivity contribution in [2.75, 3.05) is 17.7 Å². The average Bonchev–Trinajstić information content (AvgIpc) is 3.17. The van der Waals surface area contributed by atoms with Gasteiger partial charge in [-0.2, -0.15) is 0 Å². The van der Waals surface area contributed by atoms with Crippen LogP contribution in [-0.4, -0.2) is 32.6 Å². The molecule has 0 saturated heterocycles. The van der Waals surface area contributed by atoms with Crippen LogP contribution in [0.4, 0.5) is 11.6 Å². The number of anilines is 2. The summed E-state index contributed by atoms with van der Waals surface area (Å²) < 4.78 is 2.06. The lowest BCUT2D eigenvalue weighted by Crippen LogP contribution is -2.22. The van der Waals surface area contributed by atoms with Gasteiger partial charge in [-0.3, -0.25) is 0 Å². The van der Waals surface area contributed by atoms with E-state index in [9.17, 15) is 0 Å². The van der Waals surface area contributed by atoms with Gasteiger partial charge in [0.25, 0.3) is 0 Å². The van der Waals surface area contributed by atoms with Gasteiger partial charge in [0.05, 0.1) is 6.33 Å². The molecule has 6 nitrogen and oxygen atoms in total. The first-order chi connectivity index (χ1) is 9.74. The molecule has 6 heteroatoms. The van der Waals surface area contributed by atoms with Crippen molar-refractivity contribution in [2.45, 2.75) is 38.3 Å². The number of nitrogens with zero attached hydrogens (tertiary/aromatic N) is 4. The molecule has 0 aliphatic heterocycles. The second-order valence-electron chi connectivity index (χ2n) is 5.33. The molecule has 1 aliphatic carbocycles. The lowest BCUT2D eigenvalue weighted by Gasteiger charge is -2.16. The molecule has 2 N–H and O–H groups in total. The monoisotopic (exact) mass is 272 g/mol. The summed E-state index contributed by atoms with van der Waals surface area (Å²) >= 11 is 0. The summed E-state index contributed by atoms with van der Waals surface area (Å²) in [6.07, 6.45) is 8.00. The Balaban J connectivity index is 1.70. The second-order valence-corrected chi connectivity index (χ2v) is 5.33. The van der Waals surface area contributed by atoms with E-state index >= 15 is 0 Å². The van der Waals surface area contributed by atoms with Gasteiger partial charge < -0.3 is 15.2 Å². The van der Waals surface area contributed by atoms with Crippen LogP contribution in [-0.2, 0) is 6.54 Å². The van der Waals surface area contributed by atoms with Crippen molar-refractivity contribution in [2.24, 2.45) is 0 Å². The van der Waals surface area contributed by atoms with Gasteiger partial charge in [-0.05, 0) is 19.8 Å². The van der Waals surface area contributed by atoms with E-state index in [0.717, 1.165) is 24.0 Å². The molecule has 1 unspecified atom stereocenters. The summed E-state index contributed by atoms with van der Waals surface area (Å²) in [6.45, 7) is 3.00. The molecule has 0 radical (unpaired) electrons. The Labute approximate surface area is 118 Å². The van der Waals surface area contributed by atoms with E-state index in [0.29, 0.717) is 5.92 Å². The Morgan fingerprint density at radius 3 is 2.80 bits per heavy atom. The fraction of sp³-hybridized carbons (Fsp3) is 0.500. The average molecular weight is 272 g/mol. The summed E-state index contributed by atoms with van der Waals surface area (Å²) in [6, 6.07) is 2.23. The number of nitrogens with one attached hydrogen (secondary N) is 2. The largest absolute Gasteiger partial charge is 0.373 e. The number of hydrogen-bond donors (Lipinski definition) is 2. The van der Waals surface area contributed by atoms with Crippen LogP contribution >= 0.6 is 0 Å². The molecule has 106 valence electrons. The lowest BCUT2D eigenvalue weighted by molar-refractivity contribution is 0.616. The molecule has 0 aromatic carbocycles. The molecule has 0 spiro atoms. The van der Waals surface area contributed by atoms with Crippen LogP contribution in [0.15, 0.2) is 24.8 Å². The molecular formula is C14H20N6. The number of imidazole rings is 1. The smallest absolute Gasteiger partial charge is 0.136 e. The standard InChI is InChI=1S/C14H20N6/c1-10(8-20-6-5-16-9-20)17-13-7-12(15-2)18-14(19-13)11-3-4-11/h5-7,9-11H,3-4,8H2,1-2H3,(H2,15,17,18,19). The van der Waals surface area contributed by atoms with Crippen molar-refractivity contribution < 1.29 is 0 Å². The van der Waals surface area contributed by atoms with Crippen LogP contribution in [0.25, 0.3) is 0 Å². The minimum absolute atomic E-state index is 0.274. The molecule has 1 fully saturated rings. The van der Waals surface area contributed by atoms with E-state index < -0.39 is 0 Å². The van der Waals surface area contributed by atoms with Crippen LogP contribution in [0.5, 0.6) is 0 Å². The molecule has 20 heavy (non-hydrogen) atoms. The molecule has 2 heterocycles.